The number of hydrogen-bond donors (Lipinski definition) is 1. The van der Waals surface area contributed by atoms with Crippen molar-refractivity contribution < 1.29 is 22.8 Å². The highest BCUT2D eigenvalue weighted by atomic mass is 19.4. The van der Waals surface area contributed by atoms with E-state index in [0.29, 0.717) is 39.0 Å². The minimum absolute atomic E-state index is 0.0107. The van der Waals surface area contributed by atoms with Gasteiger partial charge < -0.3 is 15.1 Å². The number of fused-ring (bicyclic) bond motifs is 1. The molecule has 3 heterocycles. The smallest absolute Gasteiger partial charge is 0.327 e. The Morgan fingerprint density at radius 2 is 1.83 bits per heavy atom. The molecule has 13 heteroatoms. The van der Waals surface area contributed by atoms with E-state index in [9.17, 15) is 27.6 Å². The fourth-order valence-electron chi connectivity index (χ4n) is 4.35. The number of piperazine rings is 1. The Morgan fingerprint density at radius 1 is 1.20 bits per heavy atom. The van der Waals surface area contributed by atoms with Gasteiger partial charge in [0.25, 0.3) is 5.56 Å². The number of carbonyl (C=O) groups is 1. The molecule has 1 N–H and O–H groups in total. The van der Waals surface area contributed by atoms with Gasteiger partial charge >= 0.3 is 17.8 Å². The maximum Gasteiger partial charge on any atom is 0.493 e. The Labute approximate surface area is 201 Å². The number of hydroxylamine groups is 1. The van der Waals surface area contributed by atoms with Crippen molar-refractivity contribution in [3.8, 4) is 11.8 Å². The number of rotatable bonds is 7. The monoisotopic (exact) mass is 500 g/mol. The lowest BCUT2D eigenvalue weighted by molar-refractivity contribution is -0.203. The summed E-state index contributed by atoms with van der Waals surface area (Å²) in [6, 6.07) is 0. The van der Waals surface area contributed by atoms with E-state index in [1.165, 1.54) is 16.5 Å². The second kappa shape index (κ2) is 10.7. The molecule has 1 aromatic rings. The lowest BCUT2D eigenvalue weighted by Gasteiger charge is -2.40. The van der Waals surface area contributed by atoms with Crippen molar-refractivity contribution in [3.05, 3.63) is 20.8 Å². The molecule has 10 nitrogen and oxygen atoms in total. The molecule has 0 spiro atoms. The molecule has 0 amide bonds. The van der Waals surface area contributed by atoms with Gasteiger partial charge in [-0.25, -0.2) is 9.59 Å². The van der Waals surface area contributed by atoms with Crippen molar-refractivity contribution in [2.75, 3.05) is 42.7 Å². The van der Waals surface area contributed by atoms with Gasteiger partial charge in [-0.15, -0.1) is 11.0 Å². The van der Waals surface area contributed by atoms with Gasteiger partial charge in [0.05, 0.1) is 6.54 Å². The third-order valence-corrected chi connectivity index (χ3v) is 6.39. The summed E-state index contributed by atoms with van der Waals surface area (Å²) in [5, 5.41) is 3.94. The Hall–Kier alpha value is -2.98. The van der Waals surface area contributed by atoms with Gasteiger partial charge in [0, 0.05) is 39.8 Å². The van der Waals surface area contributed by atoms with Crippen LogP contribution in [0.3, 0.4) is 0 Å². The molecule has 35 heavy (non-hydrogen) atoms. The van der Waals surface area contributed by atoms with Crippen molar-refractivity contribution in [2.45, 2.75) is 52.6 Å². The Bertz CT molecular complexity index is 1110. The predicted octanol–water partition coefficient (Wildman–Crippen LogP) is 0.842. The first kappa shape index (κ1) is 26.6. The van der Waals surface area contributed by atoms with E-state index in [4.69, 9.17) is 4.84 Å². The first-order valence-electron chi connectivity index (χ1n) is 11.6. The lowest BCUT2D eigenvalue weighted by atomic mass is 10.0. The molecule has 0 bridgehead atoms. The topological polar surface area (TPSA) is 92.0 Å². The Morgan fingerprint density at radius 3 is 2.37 bits per heavy atom. The predicted molar refractivity (Wildman–Crippen MR) is 124 cm³/mol. The molecule has 0 aromatic carbocycles. The summed E-state index contributed by atoms with van der Waals surface area (Å²) in [7, 11) is 1.32. The molecule has 1 atom stereocenters. The number of nitrogens with one attached hydrogen (secondary N) is 1. The van der Waals surface area contributed by atoms with Crippen molar-refractivity contribution in [2.24, 2.45) is 13.0 Å². The van der Waals surface area contributed by atoms with Gasteiger partial charge in [0.2, 0.25) is 0 Å². The SMILES string of the molecule is CC#CCN1c2c(n(CC(CC)CC)c(=O)n(C)c2=O)N(OC(=O)C(F)(F)F)C1N1CCNCC1. The summed E-state index contributed by atoms with van der Waals surface area (Å²) >= 11 is 0. The van der Waals surface area contributed by atoms with Gasteiger partial charge in [-0.05, 0) is 12.8 Å². The number of anilines is 2. The Balaban J connectivity index is 2.30. The summed E-state index contributed by atoms with van der Waals surface area (Å²) in [6.07, 6.45) is -4.95. The van der Waals surface area contributed by atoms with Crippen LogP contribution in [0.25, 0.3) is 0 Å². The van der Waals surface area contributed by atoms with Crippen LogP contribution in [0.2, 0.25) is 0 Å². The van der Waals surface area contributed by atoms with E-state index in [1.807, 2.05) is 13.8 Å². The average molecular weight is 501 g/mol. The van der Waals surface area contributed by atoms with Crippen LogP contribution in [0.5, 0.6) is 0 Å². The van der Waals surface area contributed by atoms with Crippen LogP contribution in [0.4, 0.5) is 24.7 Å². The summed E-state index contributed by atoms with van der Waals surface area (Å²) < 4.78 is 42.1. The van der Waals surface area contributed by atoms with Gasteiger partial charge in [-0.3, -0.25) is 18.8 Å². The van der Waals surface area contributed by atoms with E-state index in [0.717, 1.165) is 9.63 Å². The third kappa shape index (κ3) is 5.18. The quantitative estimate of drug-likeness (QED) is 0.551. The molecule has 3 rings (SSSR count). The van der Waals surface area contributed by atoms with E-state index in [2.05, 4.69) is 17.2 Å². The average Bonchev–Trinajstić information content (AvgIpc) is 3.15. The normalized spacial score (nSPS) is 18.5. The van der Waals surface area contributed by atoms with E-state index >= 15 is 0 Å². The fraction of sp³-hybridized carbons (Fsp3) is 0.682. The van der Waals surface area contributed by atoms with Gasteiger partial charge in [0.1, 0.15) is 0 Å². The molecule has 2 aliphatic rings. The second-order valence-corrected chi connectivity index (χ2v) is 8.50. The molecule has 2 aliphatic heterocycles. The summed E-state index contributed by atoms with van der Waals surface area (Å²) in [5.74, 6) is 3.00. The highest BCUT2D eigenvalue weighted by Gasteiger charge is 2.50. The molecular weight excluding hydrogens is 469 g/mol. The summed E-state index contributed by atoms with van der Waals surface area (Å²) in [5.41, 5.74) is -1.43. The number of aromatic nitrogens is 2. The van der Waals surface area contributed by atoms with Crippen LogP contribution < -0.4 is 26.5 Å². The highest BCUT2D eigenvalue weighted by Crippen LogP contribution is 2.39. The zero-order valence-corrected chi connectivity index (χ0v) is 20.3. The van der Waals surface area contributed by atoms with Crippen LogP contribution >= 0.6 is 0 Å². The van der Waals surface area contributed by atoms with Gasteiger partial charge in [-0.1, -0.05) is 32.6 Å². The second-order valence-electron chi connectivity index (χ2n) is 8.50. The van der Waals surface area contributed by atoms with Crippen LogP contribution in [0.15, 0.2) is 9.59 Å². The van der Waals surface area contributed by atoms with Crippen LogP contribution in [-0.2, 0) is 23.2 Å². The maximum atomic E-state index is 13.3. The first-order chi connectivity index (χ1) is 16.6. The molecule has 1 saturated heterocycles. The third-order valence-electron chi connectivity index (χ3n) is 6.39. The summed E-state index contributed by atoms with van der Waals surface area (Å²) in [6.45, 7) is 7.51. The lowest BCUT2D eigenvalue weighted by Crippen LogP contribution is -2.61. The number of alkyl halides is 3. The first-order valence-corrected chi connectivity index (χ1v) is 11.6. The highest BCUT2D eigenvalue weighted by molar-refractivity contribution is 5.80. The Kier molecular flexibility index (Phi) is 8.17. The molecule has 194 valence electrons. The molecule has 0 aliphatic carbocycles. The van der Waals surface area contributed by atoms with Crippen molar-refractivity contribution in [3.63, 3.8) is 0 Å². The molecule has 1 aromatic heterocycles. The van der Waals surface area contributed by atoms with Crippen LogP contribution in [-0.4, -0.2) is 65.2 Å². The van der Waals surface area contributed by atoms with Gasteiger partial charge in [0.15, 0.2) is 17.8 Å². The van der Waals surface area contributed by atoms with Crippen molar-refractivity contribution in [1.82, 2.24) is 19.4 Å². The molecule has 0 radical (unpaired) electrons. The van der Waals surface area contributed by atoms with Crippen LogP contribution in [0.1, 0.15) is 33.6 Å². The number of carbonyl (C=O) groups excluding carboxylic acids is 1. The number of nitrogens with zero attached hydrogens (tertiary/aromatic N) is 5. The standard InChI is InChI=1S/C22H31F3N6O4/c1-5-8-11-29-16-17(30(14-15(6-2)7-3)21(34)27(4)18(16)32)31(35-19(33)22(23,24)25)20(29)28-12-9-26-10-13-28/h15,20,26H,6-7,9-14H2,1-4H3. The minimum Gasteiger partial charge on any atom is -0.327 e. The van der Waals surface area contributed by atoms with E-state index in [1.54, 1.807) is 11.8 Å². The zero-order valence-electron chi connectivity index (χ0n) is 20.3. The van der Waals surface area contributed by atoms with Gasteiger partial charge in [-0.2, -0.15) is 13.2 Å². The van der Waals surface area contributed by atoms with Crippen molar-refractivity contribution in [1.29, 1.82) is 0 Å². The minimum atomic E-state index is -5.27. The molecular formula is C22H31F3N6O4. The fourth-order valence-corrected chi connectivity index (χ4v) is 4.35. The zero-order chi connectivity index (χ0) is 25.9. The molecule has 0 saturated carbocycles. The van der Waals surface area contributed by atoms with E-state index in [-0.39, 0.29) is 30.5 Å². The van der Waals surface area contributed by atoms with E-state index < -0.39 is 29.7 Å². The maximum absolute atomic E-state index is 13.3. The summed E-state index contributed by atoms with van der Waals surface area (Å²) in [4.78, 5) is 46.8. The number of halogens is 3. The number of hydrogen-bond acceptors (Lipinski definition) is 8. The molecule has 1 fully saturated rings. The molecule has 1 unspecified atom stereocenters. The largest absolute Gasteiger partial charge is 0.493 e. The van der Waals surface area contributed by atoms with Crippen LogP contribution in [0, 0.1) is 17.8 Å². The van der Waals surface area contributed by atoms with Crippen molar-refractivity contribution >= 4 is 17.5 Å².